The van der Waals surface area contributed by atoms with Crippen LogP contribution in [-0.2, 0) is 23.0 Å². The first kappa shape index (κ1) is 22.0. The minimum Gasteiger partial charge on any atom is -0.351 e. The second-order valence-electron chi connectivity index (χ2n) is 7.25. The van der Waals surface area contributed by atoms with Gasteiger partial charge < -0.3 is 15.2 Å². The highest BCUT2D eigenvalue weighted by Crippen LogP contribution is 2.30. The predicted octanol–water partition coefficient (Wildman–Crippen LogP) is 1.60. The van der Waals surface area contributed by atoms with Gasteiger partial charge in [0.05, 0.1) is 23.3 Å². The first-order valence-corrected chi connectivity index (χ1v) is 11.4. The molecule has 0 bridgehead atoms. The molecule has 0 aliphatic carbocycles. The summed E-state index contributed by atoms with van der Waals surface area (Å²) < 4.78 is 63.3. The van der Waals surface area contributed by atoms with Crippen molar-refractivity contribution in [1.29, 1.82) is 0 Å². The Balaban J connectivity index is 1.70. The lowest BCUT2D eigenvalue weighted by Crippen LogP contribution is -2.34. The minimum absolute atomic E-state index is 0.119. The van der Waals surface area contributed by atoms with Crippen LogP contribution in [-0.4, -0.2) is 63.5 Å². The number of rotatable bonds is 6. The molecule has 172 valence electrons. The van der Waals surface area contributed by atoms with Crippen LogP contribution in [0.25, 0.3) is 11.0 Å². The van der Waals surface area contributed by atoms with E-state index in [1.165, 1.54) is 13.3 Å². The van der Waals surface area contributed by atoms with Crippen LogP contribution in [0.3, 0.4) is 0 Å². The van der Waals surface area contributed by atoms with E-state index in [1.54, 1.807) is 12.3 Å². The molecule has 0 atom stereocenters. The third-order valence-electron chi connectivity index (χ3n) is 5.19. The normalized spacial score (nSPS) is 14.6. The van der Waals surface area contributed by atoms with E-state index >= 15 is 0 Å². The number of aromatic nitrogens is 5. The summed E-state index contributed by atoms with van der Waals surface area (Å²) >= 11 is 0. The van der Waals surface area contributed by atoms with Gasteiger partial charge in [0.25, 0.3) is 15.9 Å². The molecule has 0 unspecified atom stereocenters. The van der Waals surface area contributed by atoms with Gasteiger partial charge >= 0.3 is 6.18 Å². The van der Waals surface area contributed by atoms with Crippen molar-refractivity contribution in [2.24, 2.45) is 0 Å². The highest BCUT2D eigenvalue weighted by Gasteiger charge is 2.33. The van der Waals surface area contributed by atoms with Crippen LogP contribution >= 0.6 is 0 Å². The fraction of sp³-hybridized carbons (Fsp3) is 0.444. The number of hydrogen-bond acceptors (Lipinski definition) is 7. The fourth-order valence-electron chi connectivity index (χ4n) is 3.61. The first-order chi connectivity index (χ1) is 15.1. The Kier molecular flexibility index (Phi) is 5.56. The van der Waals surface area contributed by atoms with Gasteiger partial charge in [0.15, 0.2) is 5.69 Å². The summed E-state index contributed by atoms with van der Waals surface area (Å²) in [7, 11) is -3.81. The molecule has 0 spiro atoms. The molecular weight excluding hydrogens is 451 g/mol. The van der Waals surface area contributed by atoms with Gasteiger partial charge in [-0.2, -0.15) is 22.4 Å². The van der Waals surface area contributed by atoms with E-state index in [1.807, 2.05) is 4.90 Å². The maximum Gasteiger partial charge on any atom is 0.390 e. The van der Waals surface area contributed by atoms with E-state index in [4.69, 9.17) is 0 Å². The van der Waals surface area contributed by atoms with E-state index in [2.05, 4.69) is 25.4 Å². The SMILES string of the molecule is CCS(=O)(=O)n1nc(C(=O)NCCC(F)(F)F)c2c1CCN(c1ncnc3[nH]ccc13)C2. The molecule has 0 saturated carbocycles. The summed E-state index contributed by atoms with van der Waals surface area (Å²) in [4.78, 5) is 26.0. The molecule has 1 amide bonds. The van der Waals surface area contributed by atoms with E-state index in [0.29, 0.717) is 29.3 Å². The van der Waals surface area contributed by atoms with Crippen molar-refractivity contribution < 1.29 is 26.4 Å². The molecule has 3 aromatic heterocycles. The molecule has 4 rings (SSSR count). The number of anilines is 1. The Morgan fingerprint density at radius 3 is 2.81 bits per heavy atom. The Labute approximate surface area is 180 Å². The molecule has 10 nitrogen and oxygen atoms in total. The van der Waals surface area contributed by atoms with Gasteiger partial charge in [0.2, 0.25) is 0 Å². The summed E-state index contributed by atoms with van der Waals surface area (Å²) in [6.07, 6.45) is -2.27. The maximum atomic E-state index is 12.6. The van der Waals surface area contributed by atoms with E-state index in [0.717, 1.165) is 9.47 Å². The summed E-state index contributed by atoms with van der Waals surface area (Å²) in [5.74, 6) is -0.501. The number of hydrogen-bond donors (Lipinski definition) is 2. The van der Waals surface area contributed by atoms with Gasteiger partial charge in [-0.3, -0.25) is 4.79 Å². The zero-order chi connectivity index (χ0) is 23.1. The van der Waals surface area contributed by atoms with Crippen molar-refractivity contribution in [3.05, 3.63) is 35.5 Å². The summed E-state index contributed by atoms with van der Waals surface area (Å²) in [6.45, 7) is 1.34. The van der Waals surface area contributed by atoms with Crippen LogP contribution in [0, 0.1) is 0 Å². The Morgan fingerprint density at radius 1 is 1.31 bits per heavy atom. The second-order valence-corrected chi connectivity index (χ2v) is 9.33. The number of nitrogens with zero attached hydrogens (tertiary/aromatic N) is 5. The number of amides is 1. The Morgan fingerprint density at radius 2 is 2.09 bits per heavy atom. The van der Waals surface area contributed by atoms with E-state index in [9.17, 15) is 26.4 Å². The average Bonchev–Trinajstić information content (AvgIpc) is 3.37. The summed E-state index contributed by atoms with van der Waals surface area (Å²) in [5.41, 5.74) is 1.11. The number of aromatic amines is 1. The molecule has 0 aromatic carbocycles. The van der Waals surface area contributed by atoms with Crippen LogP contribution in [0.1, 0.15) is 35.1 Å². The monoisotopic (exact) mass is 471 g/mol. The third kappa shape index (κ3) is 4.13. The molecule has 14 heteroatoms. The molecule has 0 radical (unpaired) electrons. The van der Waals surface area contributed by atoms with E-state index < -0.39 is 35.1 Å². The lowest BCUT2D eigenvalue weighted by Gasteiger charge is -2.29. The molecular formula is C18H20F3N7O3S. The topological polar surface area (TPSA) is 126 Å². The number of carbonyl (C=O) groups excluding carboxylic acids is 1. The van der Waals surface area contributed by atoms with Gasteiger partial charge in [0, 0.05) is 37.8 Å². The number of carbonyl (C=O) groups is 1. The first-order valence-electron chi connectivity index (χ1n) is 9.82. The van der Waals surface area contributed by atoms with Crippen molar-refractivity contribution in [2.75, 3.05) is 23.7 Å². The Hall–Kier alpha value is -3.16. The van der Waals surface area contributed by atoms with Crippen LogP contribution in [0.15, 0.2) is 18.6 Å². The van der Waals surface area contributed by atoms with Crippen LogP contribution in [0.2, 0.25) is 0 Å². The van der Waals surface area contributed by atoms with Gasteiger partial charge in [-0.15, -0.1) is 0 Å². The lowest BCUT2D eigenvalue weighted by molar-refractivity contribution is -0.133. The summed E-state index contributed by atoms with van der Waals surface area (Å²) in [6, 6.07) is 1.80. The van der Waals surface area contributed by atoms with Crippen molar-refractivity contribution in [3.8, 4) is 0 Å². The number of nitrogens with one attached hydrogen (secondary N) is 2. The molecule has 1 aliphatic rings. The van der Waals surface area contributed by atoms with Crippen molar-refractivity contribution in [3.63, 3.8) is 0 Å². The lowest BCUT2D eigenvalue weighted by atomic mass is 10.0. The molecule has 32 heavy (non-hydrogen) atoms. The zero-order valence-electron chi connectivity index (χ0n) is 17.0. The molecule has 1 aliphatic heterocycles. The third-order valence-corrected chi connectivity index (χ3v) is 6.75. The van der Waals surface area contributed by atoms with Crippen LogP contribution < -0.4 is 10.2 Å². The van der Waals surface area contributed by atoms with Crippen molar-refractivity contribution >= 4 is 32.8 Å². The van der Waals surface area contributed by atoms with Crippen LogP contribution in [0.4, 0.5) is 19.0 Å². The maximum absolute atomic E-state index is 12.6. The van der Waals surface area contributed by atoms with Crippen molar-refractivity contribution in [1.82, 2.24) is 29.5 Å². The molecule has 0 saturated heterocycles. The number of fused-ring (bicyclic) bond motifs is 2. The molecule has 2 N–H and O–H groups in total. The fourth-order valence-corrected chi connectivity index (χ4v) is 4.60. The highest BCUT2D eigenvalue weighted by atomic mass is 32.2. The van der Waals surface area contributed by atoms with Gasteiger partial charge in [-0.25, -0.2) is 18.4 Å². The molecule has 0 fully saturated rings. The largest absolute Gasteiger partial charge is 0.390 e. The minimum atomic E-state index is -4.43. The summed E-state index contributed by atoms with van der Waals surface area (Å²) in [5, 5.41) is 6.94. The zero-order valence-corrected chi connectivity index (χ0v) is 17.8. The molecule has 3 aromatic rings. The average molecular weight is 471 g/mol. The standard InChI is InChI=1S/C18H20F3N7O3S/c1-2-32(30,31)28-13-4-8-27(16-11-3-6-22-15(11)24-10-25-16)9-12(13)14(26-28)17(29)23-7-5-18(19,20)21/h3,6,10H,2,4-5,7-9H2,1H3,(H,23,29)(H,22,24,25). The predicted molar refractivity (Wildman–Crippen MR) is 109 cm³/mol. The number of alkyl halides is 3. The van der Waals surface area contributed by atoms with Gasteiger partial charge in [-0.05, 0) is 13.0 Å². The molecule has 4 heterocycles. The van der Waals surface area contributed by atoms with Gasteiger partial charge in [0.1, 0.15) is 17.8 Å². The second kappa shape index (κ2) is 8.07. The number of H-pyrrole nitrogens is 1. The Bertz CT molecular complexity index is 1270. The van der Waals surface area contributed by atoms with Gasteiger partial charge in [-0.1, -0.05) is 0 Å². The van der Waals surface area contributed by atoms with Crippen LogP contribution in [0.5, 0.6) is 0 Å². The van der Waals surface area contributed by atoms with Crippen molar-refractivity contribution in [2.45, 2.75) is 32.5 Å². The smallest absolute Gasteiger partial charge is 0.351 e. The highest BCUT2D eigenvalue weighted by molar-refractivity contribution is 7.89. The number of halogens is 3. The van der Waals surface area contributed by atoms with E-state index in [-0.39, 0.29) is 24.4 Å². The quantitative estimate of drug-likeness (QED) is 0.559.